The summed E-state index contributed by atoms with van der Waals surface area (Å²) >= 11 is 0. The summed E-state index contributed by atoms with van der Waals surface area (Å²) in [6.45, 7) is 3.88. The molecule has 4 rings (SSSR count). The van der Waals surface area contributed by atoms with E-state index >= 15 is 0 Å². The van der Waals surface area contributed by atoms with Crippen molar-refractivity contribution >= 4 is 28.5 Å². The van der Waals surface area contributed by atoms with Crippen molar-refractivity contribution in [1.82, 2.24) is 15.1 Å². The summed E-state index contributed by atoms with van der Waals surface area (Å²) in [5.74, 6) is -0.943. The summed E-state index contributed by atoms with van der Waals surface area (Å²) in [6.07, 6.45) is 7.49. The van der Waals surface area contributed by atoms with Gasteiger partial charge in [0.2, 0.25) is 17.7 Å². The zero-order valence-corrected chi connectivity index (χ0v) is 27.0. The van der Waals surface area contributed by atoms with Crippen LogP contribution in [-0.2, 0) is 27.2 Å². The normalized spacial score (nSPS) is 15.7. The summed E-state index contributed by atoms with van der Waals surface area (Å²) in [7, 11) is 3.27. The topological polar surface area (TPSA) is 116 Å². The lowest BCUT2D eigenvalue weighted by Gasteiger charge is -2.37. The van der Waals surface area contributed by atoms with Gasteiger partial charge in [0.15, 0.2) is 0 Å². The lowest BCUT2D eigenvalue weighted by atomic mass is 9.75. The SMILES string of the molecule is CN(C(=O)/C=C/CC1(N)CCC1)[C@H](Cc1ccc2ccccc2c1)C(=O)N(C)[C@H](Cc1ccccc1)C(=O)NCC(C)(C)CO. The quantitative estimate of drug-likeness (QED) is 0.236. The lowest BCUT2D eigenvalue weighted by Crippen LogP contribution is -2.56. The number of carbonyl (C=O) groups excluding carboxylic acids is 3. The number of nitrogens with zero attached hydrogens (tertiary/aromatic N) is 2. The van der Waals surface area contributed by atoms with E-state index in [1.54, 1.807) is 14.1 Å². The van der Waals surface area contributed by atoms with Crippen molar-refractivity contribution in [3.05, 3.63) is 96.1 Å². The fraction of sp³-hybridized carbons (Fsp3) is 0.432. The van der Waals surface area contributed by atoms with Crippen molar-refractivity contribution in [3.8, 4) is 0 Å². The molecule has 2 atom stereocenters. The molecular formula is C37H48N4O4. The molecule has 0 spiro atoms. The predicted octanol–water partition coefficient (Wildman–Crippen LogP) is 4.24. The highest BCUT2D eigenvalue weighted by molar-refractivity contribution is 5.95. The average molecular weight is 613 g/mol. The Bertz CT molecular complexity index is 1500. The molecule has 3 aromatic rings. The summed E-state index contributed by atoms with van der Waals surface area (Å²) in [4.78, 5) is 44.5. The van der Waals surface area contributed by atoms with Crippen LogP contribution < -0.4 is 11.1 Å². The fourth-order valence-electron chi connectivity index (χ4n) is 5.61. The number of aliphatic hydroxyl groups is 1. The van der Waals surface area contributed by atoms with E-state index in [0.717, 1.165) is 41.2 Å². The highest BCUT2D eigenvalue weighted by atomic mass is 16.3. The van der Waals surface area contributed by atoms with E-state index in [-0.39, 0.29) is 42.8 Å². The van der Waals surface area contributed by atoms with Gasteiger partial charge in [-0.2, -0.15) is 0 Å². The van der Waals surface area contributed by atoms with Gasteiger partial charge >= 0.3 is 0 Å². The first kappa shape index (κ1) is 33.9. The molecule has 240 valence electrons. The van der Waals surface area contributed by atoms with Crippen LogP contribution in [0.15, 0.2) is 84.9 Å². The van der Waals surface area contributed by atoms with Gasteiger partial charge < -0.3 is 26.0 Å². The molecular weight excluding hydrogens is 564 g/mol. The first-order valence-electron chi connectivity index (χ1n) is 15.8. The molecule has 3 amide bonds. The molecule has 0 aliphatic heterocycles. The van der Waals surface area contributed by atoms with E-state index in [1.165, 1.54) is 15.9 Å². The summed E-state index contributed by atoms with van der Waals surface area (Å²) < 4.78 is 0. The van der Waals surface area contributed by atoms with E-state index in [2.05, 4.69) is 5.32 Å². The Kier molecular flexibility index (Phi) is 11.2. The van der Waals surface area contributed by atoms with Crippen LogP contribution in [0.5, 0.6) is 0 Å². The number of aliphatic hydroxyl groups excluding tert-OH is 1. The molecule has 0 unspecified atom stereocenters. The zero-order valence-electron chi connectivity index (χ0n) is 27.0. The highest BCUT2D eigenvalue weighted by Crippen LogP contribution is 2.32. The second-order valence-electron chi connectivity index (χ2n) is 13.4. The molecule has 0 aromatic heterocycles. The molecule has 0 saturated heterocycles. The number of hydrogen-bond donors (Lipinski definition) is 3. The van der Waals surface area contributed by atoms with Gasteiger partial charge in [-0.1, -0.05) is 92.7 Å². The third kappa shape index (κ3) is 9.02. The first-order valence-corrected chi connectivity index (χ1v) is 15.8. The molecule has 4 N–H and O–H groups in total. The van der Waals surface area contributed by atoms with Gasteiger partial charge in [-0.3, -0.25) is 14.4 Å². The standard InChI is InChI=1S/C37H48N4O4/c1-36(2,26-42)25-39-34(44)31(23-27-12-6-5-7-13-27)41(4)35(45)32(24-28-17-18-29-14-8-9-15-30(29)22-28)40(3)33(43)16-10-19-37(38)20-11-21-37/h5-10,12-18,22,31-32,42H,11,19-21,23-26,38H2,1-4H3,(H,39,44)/b16-10+/t31-,32-/m1/s1. The van der Waals surface area contributed by atoms with E-state index < -0.39 is 17.5 Å². The van der Waals surface area contributed by atoms with Crippen LogP contribution in [0.25, 0.3) is 10.8 Å². The molecule has 3 aromatic carbocycles. The number of likely N-dealkylation sites (N-methyl/N-ethyl adjacent to an activating group) is 2. The van der Waals surface area contributed by atoms with Crippen molar-refractivity contribution in [2.75, 3.05) is 27.2 Å². The van der Waals surface area contributed by atoms with Crippen molar-refractivity contribution < 1.29 is 19.5 Å². The number of nitrogens with two attached hydrogens (primary N) is 1. The Morgan fingerprint density at radius 3 is 2.20 bits per heavy atom. The van der Waals surface area contributed by atoms with Crippen LogP contribution in [0.4, 0.5) is 0 Å². The minimum atomic E-state index is -0.858. The van der Waals surface area contributed by atoms with Crippen molar-refractivity contribution in [3.63, 3.8) is 0 Å². The average Bonchev–Trinajstić information content (AvgIpc) is 3.03. The number of fused-ring (bicyclic) bond motifs is 1. The second kappa shape index (κ2) is 14.8. The molecule has 1 aliphatic rings. The molecule has 45 heavy (non-hydrogen) atoms. The van der Waals surface area contributed by atoms with Gasteiger partial charge in [0.25, 0.3) is 0 Å². The van der Waals surface area contributed by atoms with E-state index in [9.17, 15) is 19.5 Å². The van der Waals surface area contributed by atoms with Gasteiger partial charge in [0.1, 0.15) is 12.1 Å². The molecule has 0 bridgehead atoms. The third-order valence-electron chi connectivity index (χ3n) is 9.04. The molecule has 0 radical (unpaired) electrons. The fourth-order valence-corrected chi connectivity index (χ4v) is 5.61. The largest absolute Gasteiger partial charge is 0.396 e. The number of carbonyl (C=O) groups is 3. The number of rotatable bonds is 14. The number of amides is 3. The van der Waals surface area contributed by atoms with Gasteiger partial charge in [-0.15, -0.1) is 0 Å². The van der Waals surface area contributed by atoms with Crippen LogP contribution >= 0.6 is 0 Å². The molecule has 1 saturated carbocycles. The summed E-state index contributed by atoms with van der Waals surface area (Å²) in [6, 6.07) is 21.9. The minimum absolute atomic E-state index is 0.0923. The first-order chi connectivity index (χ1) is 21.4. The number of benzene rings is 3. The third-order valence-corrected chi connectivity index (χ3v) is 9.04. The van der Waals surface area contributed by atoms with Crippen LogP contribution in [0, 0.1) is 5.41 Å². The minimum Gasteiger partial charge on any atom is -0.396 e. The molecule has 8 nitrogen and oxygen atoms in total. The van der Waals surface area contributed by atoms with Gasteiger partial charge in [-0.25, -0.2) is 0 Å². The van der Waals surface area contributed by atoms with Gasteiger partial charge in [0.05, 0.1) is 0 Å². The second-order valence-corrected chi connectivity index (χ2v) is 13.4. The Labute approximate surface area is 267 Å². The maximum atomic E-state index is 14.4. The van der Waals surface area contributed by atoms with Crippen LogP contribution in [0.3, 0.4) is 0 Å². The van der Waals surface area contributed by atoms with Crippen molar-refractivity contribution in [2.24, 2.45) is 11.1 Å². The van der Waals surface area contributed by atoms with Gasteiger partial charge in [-0.05, 0) is 53.7 Å². The van der Waals surface area contributed by atoms with Crippen LogP contribution in [-0.4, -0.2) is 77.5 Å². The lowest BCUT2D eigenvalue weighted by molar-refractivity contribution is -0.146. The molecule has 8 heteroatoms. The Morgan fingerprint density at radius 1 is 0.911 bits per heavy atom. The molecule has 0 heterocycles. The van der Waals surface area contributed by atoms with E-state index in [0.29, 0.717) is 12.8 Å². The monoisotopic (exact) mass is 612 g/mol. The smallest absolute Gasteiger partial charge is 0.246 e. The Balaban J connectivity index is 1.62. The predicted molar refractivity (Wildman–Crippen MR) is 179 cm³/mol. The van der Waals surface area contributed by atoms with Crippen LogP contribution in [0.2, 0.25) is 0 Å². The summed E-state index contributed by atoms with van der Waals surface area (Å²) in [5, 5.41) is 14.8. The highest BCUT2D eigenvalue weighted by Gasteiger charge is 2.36. The summed E-state index contributed by atoms with van der Waals surface area (Å²) in [5.41, 5.74) is 7.40. The maximum Gasteiger partial charge on any atom is 0.246 e. The Morgan fingerprint density at radius 2 is 1.56 bits per heavy atom. The molecule has 1 aliphatic carbocycles. The van der Waals surface area contributed by atoms with Crippen molar-refractivity contribution in [1.29, 1.82) is 0 Å². The zero-order chi connectivity index (χ0) is 32.6. The van der Waals surface area contributed by atoms with Crippen LogP contribution in [0.1, 0.15) is 50.7 Å². The number of nitrogens with one attached hydrogen (secondary N) is 1. The maximum absolute atomic E-state index is 14.4. The van der Waals surface area contributed by atoms with E-state index in [1.807, 2.05) is 92.7 Å². The number of hydrogen-bond acceptors (Lipinski definition) is 5. The Hall–Kier alpha value is -4.01. The van der Waals surface area contributed by atoms with Gasteiger partial charge in [0, 0.05) is 51.0 Å². The van der Waals surface area contributed by atoms with E-state index in [4.69, 9.17) is 5.73 Å². The van der Waals surface area contributed by atoms with Crippen molar-refractivity contribution in [2.45, 2.75) is 70.0 Å². The molecule has 1 fully saturated rings.